The summed E-state index contributed by atoms with van der Waals surface area (Å²) < 4.78 is 11.1. The first-order chi connectivity index (χ1) is 11.2. The van der Waals surface area contributed by atoms with E-state index in [1.807, 2.05) is 30.3 Å². The number of ketones is 1. The number of Topliss-reactive ketones (excluding diaryl/α,β-unsaturated/α-hetero) is 1. The van der Waals surface area contributed by atoms with Crippen LogP contribution in [0.25, 0.3) is 0 Å². The lowest BCUT2D eigenvalue weighted by atomic mass is 9.81. The van der Waals surface area contributed by atoms with Gasteiger partial charge in [-0.1, -0.05) is 0 Å². The molecule has 0 aliphatic carbocycles. The minimum atomic E-state index is 0.0791. The molecule has 1 aromatic carbocycles. The van der Waals surface area contributed by atoms with Crippen molar-refractivity contribution in [2.24, 2.45) is 5.92 Å². The zero-order valence-electron chi connectivity index (χ0n) is 13.4. The molecule has 0 aromatic heterocycles. The van der Waals surface area contributed by atoms with Crippen LogP contribution in [0.3, 0.4) is 0 Å². The Balaban J connectivity index is 1.63. The first-order valence-corrected chi connectivity index (χ1v) is 8.12. The van der Waals surface area contributed by atoms with Gasteiger partial charge in [0.2, 0.25) is 0 Å². The average Bonchev–Trinajstić information content (AvgIpc) is 2.55. The molecule has 2 saturated heterocycles. The fourth-order valence-electron chi connectivity index (χ4n) is 3.47. The number of nitrogens with zero attached hydrogens (tertiary/aromatic N) is 2. The largest absolute Gasteiger partial charge is 0.493 e. The van der Waals surface area contributed by atoms with E-state index in [0.29, 0.717) is 30.9 Å². The van der Waals surface area contributed by atoms with Crippen molar-refractivity contribution in [2.45, 2.75) is 31.3 Å². The van der Waals surface area contributed by atoms with E-state index in [1.165, 1.54) is 0 Å². The molecule has 2 aliphatic heterocycles. The SMILES string of the molecule is CN1C2COCC1CC(C(=O)c1ccc(OCCC#N)cc1)C2. The van der Waals surface area contributed by atoms with Crippen molar-refractivity contribution in [3.8, 4) is 11.8 Å². The van der Waals surface area contributed by atoms with E-state index in [0.717, 1.165) is 31.6 Å². The first kappa shape index (κ1) is 16.0. The Bertz CT molecular complexity index is 579. The molecule has 2 unspecified atom stereocenters. The van der Waals surface area contributed by atoms with Gasteiger partial charge in [0.25, 0.3) is 0 Å². The maximum Gasteiger partial charge on any atom is 0.166 e. The zero-order chi connectivity index (χ0) is 16.2. The number of ether oxygens (including phenoxy) is 2. The molecule has 2 heterocycles. The third kappa shape index (κ3) is 3.54. The maximum atomic E-state index is 12.8. The molecule has 0 spiro atoms. The monoisotopic (exact) mass is 314 g/mol. The molecule has 2 bridgehead atoms. The molecular formula is C18H22N2O3. The van der Waals surface area contributed by atoms with Crippen molar-refractivity contribution in [3.63, 3.8) is 0 Å². The summed E-state index contributed by atoms with van der Waals surface area (Å²) in [4.78, 5) is 15.1. The number of hydrogen-bond acceptors (Lipinski definition) is 5. The van der Waals surface area contributed by atoms with Gasteiger partial charge in [-0.05, 0) is 44.2 Å². The van der Waals surface area contributed by atoms with Crippen LogP contribution in [0.1, 0.15) is 29.6 Å². The summed E-state index contributed by atoms with van der Waals surface area (Å²) in [7, 11) is 2.13. The lowest BCUT2D eigenvalue weighted by molar-refractivity contribution is -0.0702. The molecule has 23 heavy (non-hydrogen) atoms. The van der Waals surface area contributed by atoms with E-state index < -0.39 is 0 Å². The molecule has 0 saturated carbocycles. The maximum absolute atomic E-state index is 12.8. The lowest BCUT2D eigenvalue weighted by Crippen LogP contribution is -2.55. The van der Waals surface area contributed by atoms with Gasteiger partial charge < -0.3 is 9.47 Å². The summed E-state index contributed by atoms with van der Waals surface area (Å²) in [5.74, 6) is 1.000. The fourth-order valence-corrected chi connectivity index (χ4v) is 3.47. The van der Waals surface area contributed by atoms with Gasteiger partial charge in [0, 0.05) is 23.6 Å². The summed E-state index contributed by atoms with van der Waals surface area (Å²) in [6, 6.07) is 10.0. The summed E-state index contributed by atoms with van der Waals surface area (Å²) >= 11 is 0. The molecule has 122 valence electrons. The number of likely N-dealkylation sites (N-methyl/N-ethyl adjacent to an activating group) is 1. The number of hydrogen-bond donors (Lipinski definition) is 0. The molecule has 3 rings (SSSR count). The van der Waals surface area contributed by atoms with E-state index >= 15 is 0 Å². The second kappa shape index (κ2) is 7.12. The van der Waals surface area contributed by atoms with E-state index in [-0.39, 0.29) is 11.7 Å². The van der Waals surface area contributed by atoms with Gasteiger partial charge >= 0.3 is 0 Å². The van der Waals surface area contributed by atoms with Gasteiger partial charge in [-0.15, -0.1) is 0 Å². The minimum Gasteiger partial charge on any atom is -0.493 e. The number of carbonyl (C=O) groups excluding carboxylic acids is 1. The van der Waals surface area contributed by atoms with Gasteiger partial charge in [-0.3, -0.25) is 9.69 Å². The van der Waals surface area contributed by atoms with Crippen LogP contribution < -0.4 is 4.74 Å². The summed E-state index contributed by atoms with van der Waals surface area (Å²) in [5, 5.41) is 8.50. The van der Waals surface area contributed by atoms with Crippen LogP contribution in [-0.4, -0.2) is 49.6 Å². The van der Waals surface area contributed by atoms with Crippen molar-refractivity contribution >= 4 is 5.78 Å². The zero-order valence-corrected chi connectivity index (χ0v) is 13.4. The number of fused-ring (bicyclic) bond motifs is 2. The second-order valence-electron chi connectivity index (χ2n) is 6.32. The highest BCUT2D eigenvalue weighted by molar-refractivity contribution is 5.98. The lowest BCUT2D eigenvalue weighted by Gasteiger charge is -2.46. The van der Waals surface area contributed by atoms with Gasteiger partial charge in [0.05, 0.1) is 25.7 Å². The number of carbonyl (C=O) groups is 1. The molecule has 5 heteroatoms. The predicted octanol–water partition coefficient (Wildman–Crippen LogP) is 2.27. The Morgan fingerprint density at radius 3 is 2.57 bits per heavy atom. The van der Waals surface area contributed by atoms with Crippen LogP contribution in [-0.2, 0) is 4.74 Å². The Morgan fingerprint density at radius 1 is 1.30 bits per heavy atom. The van der Waals surface area contributed by atoms with E-state index in [2.05, 4.69) is 11.9 Å². The second-order valence-corrected chi connectivity index (χ2v) is 6.32. The van der Waals surface area contributed by atoms with E-state index in [9.17, 15) is 4.79 Å². The highest BCUT2D eigenvalue weighted by Crippen LogP contribution is 2.32. The quantitative estimate of drug-likeness (QED) is 0.616. The fraction of sp³-hybridized carbons (Fsp3) is 0.556. The van der Waals surface area contributed by atoms with Gasteiger partial charge in [0.15, 0.2) is 5.78 Å². The Morgan fingerprint density at radius 2 is 1.96 bits per heavy atom. The van der Waals surface area contributed by atoms with Crippen LogP contribution >= 0.6 is 0 Å². The third-order valence-electron chi connectivity index (χ3n) is 4.88. The highest BCUT2D eigenvalue weighted by Gasteiger charge is 2.39. The number of piperidine rings is 1. The third-order valence-corrected chi connectivity index (χ3v) is 4.88. The van der Waals surface area contributed by atoms with Crippen LogP contribution in [0, 0.1) is 17.2 Å². The number of morpholine rings is 1. The summed E-state index contributed by atoms with van der Waals surface area (Å²) in [6.07, 6.45) is 2.10. The van der Waals surface area contributed by atoms with E-state index in [4.69, 9.17) is 14.7 Å². The molecular weight excluding hydrogens is 292 g/mol. The smallest absolute Gasteiger partial charge is 0.166 e. The van der Waals surface area contributed by atoms with Gasteiger partial charge in [0.1, 0.15) is 12.4 Å². The summed E-state index contributed by atoms with van der Waals surface area (Å²) in [5.41, 5.74) is 0.742. The summed E-state index contributed by atoms with van der Waals surface area (Å²) in [6.45, 7) is 1.83. The van der Waals surface area contributed by atoms with Crippen LogP contribution in [0.4, 0.5) is 0 Å². The molecule has 2 atom stereocenters. The standard InChI is InChI=1S/C18H22N2O3/c1-20-15-9-14(10-16(20)12-22-11-15)18(21)13-3-5-17(6-4-13)23-8-2-7-19/h3-6,14-16H,2,8-12H2,1H3. The normalized spacial score (nSPS) is 27.2. The Kier molecular flexibility index (Phi) is 4.94. The van der Waals surface area contributed by atoms with Crippen LogP contribution in [0.15, 0.2) is 24.3 Å². The number of nitriles is 1. The number of rotatable bonds is 5. The Labute approximate surface area is 136 Å². The Hall–Kier alpha value is -1.90. The molecule has 0 amide bonds. The molecule has 0 radical (unpaired) electrons. The van der Waals surface area contributed by atoms with Crippen molar-refractivity contribution < 1.29 is 14.3 Å². The molecule has 2 fully saturated rings. The van der Waals surface area contributed by atoms with E-state index in [1.54, 1.807) is 0 Å². The van der Waals surface area contributed by atoms with Crippen LogP contribution in [0.2, 0.25) is 0 Å². The first-order valence-electron chi connectivity index (χ1n) is 8.12. The highest BCUT2D eigenvalue weighted by atomic mass is 16.5. The van der Waals surface area contributed by atoms with Crippen molar-refractivity contribution in [1.82, 2.24) is 4.90 Å². The molecule has 1 aromatic rings. The van der Waals surface area contributed by atoms with Gasteiger partial charge in [-0.25, -0.2) is 0 Å². The number of benzene rings is 1. The van der Waals surface area contributed by atoms with Crippen molar-refractivity contribution in [3.05, 3.63) is 29.8 Å². The van der Waals surface area contributed by atoms with Gasteiger partial charge in [-0.2, -0.15) is 5.26 Å². The van der Waals surface area contributed by atoms with Crippen molar-refractivity contribution in [1.29, 1.82) is 5.26 Å². The molecule has 0 N–H and O–H groups in total. The van der Waals surface area contributed by atoms with Crippen molar-refractivity contribution in [2.75, 3.05) is 26.9 Å². The predicted molar refractivity (Wildman–Crippen MR) is 85.4 cm³/mol. The van der Waals surface area contributed by atoms with Crippen LogP contribution in [0.5, 0.6) is 5.75 Å². The average molecular weight is 314 g/mol. The minimum absolute atomic E-state index is 0.0791. The molecule has 2 aliphatic rings. The topological polar surface area (TPSA) is 62.6 Å². The molecule has 5 nitrogen and oxygen atoms in total.